The average molecular weight is 536 g/mol. The largest absolute Gasteiger partial charge is 0.493 e. The predicted molar refractivity (Wildman–Crippen MR) is 149 cm³/mol. The molecule has 0 radical (unpaired) electrons. The number of benzene rings is 2. The average Bonchev–Trinajstić information content (AvgIpc) is 3.33. The Morgan fingerprint density at radius 1 is 1.08 bits per heavy atom. The number of esters is 1. The number of allylic oxidation sites excluding steroid dienone is 1. The van der Waals surface area contributed by atoms with Crippen LogP contribution in [-0.2, 0) is 20.7 Å². The van der Waals surface area contributed by atoms with E-state index in [0.29, 0.717) is 42.2 Å². The summed E-state index contributed by atoms with van der Waals surface area (Å²) in [4.78, 5) is 32.8. The molecule has 38 heavy (non-hydrogen) atoms. The predicted octanol–water partition coefficient (Wildman–Crippen LogP) is 4.90. The summed E-state index contributed by atoms with van der Waals surface area (Å²) in [5, 5.41) is 5.72. The molecule has 2 aromatic rings. The van der Waals surface area contributed by atoms with Crippen LogP contribution < -0.4 is 14.8 Å². The van der Waals surface area contributed by atoms with Gasteiger partial charge < -0.3 is 24.4 Å². The van der Waals surface area contributed by atoms with E-state index in [9.17, 15) is 9.59 Å². The Morgan fingerprint density at radius 2 is 1.87 bits per heavy atom. The molecule has 0 spiro atoms. The number of aliphatic imine (C=N–C) groups is 1. The molecule has 1 atom stereocenters. The maximum Gasteiger partial charge on any atom is 0.338 e. The molecule has 0 unspecified atom stereocenters. The summed E-state index contributed by atoms with van der Waals surface area (Å²) in [7, 11) is 4.59. The van der Waals surface area contributed by atoms with Crippen LogP contribution in [-0.4, -0.2) is 49.8 Å². The highest BCUT2D eigenvalue weighted by molar-refractivity contribution is 8.16. The molecule has 2 aliphatic rings. The van der Waals surface area contributed by atoms with Crippen molar-refractivity contribution >= 4 is 28.8 Å². The highest BCUT2D eigenvalue weighted by Crippen LogP contribution is 2.45. The van der Waals surface area contributed by atoms with Gasteiger partial charge in [0.1, 0.15) is 0 Å². The lowest BCUT2D eigenvalue weighted by atomic mass is 9.92. The molecular weight excluding hydrogens is 502 g/mol. The zero-order valence-corrected chi connectivity index (χ0v) is 23.2. The number of rotatable bonds is 10. The molecule has 0 saturated carbocycles. The quantitative estimate of drug-likeness (QED) is 0.433. The van der Waals surface area contributed by atoms with Crippen LogP contribution in [0.25, 0.3) is 0 Å². The minimum Gasteiger partial charge on any atom is -0.493 e. The van der Waals surface area contributed by atoms with E-state index in [1.807, 2.05) is 60.6 Å². The number of fused-ring (bicyclic) bond motifs is 1. The molecule has 200 valence electrons. The Bertz CT molecular complexity index is 1320. The maximum atomic E-state index is 13.0. The monoisotopic (exact) mass is 535 g/mol. The standard InChI is InChI=1S/C29H33N3O5S/c1-6-22-26(28(34)37-5)27(20-9-7-8-18(2)14-20)32-21(17-38-29(32)31-22)16-25(33)30-13-12-19-10-11-23(35-3)24(15-19)36-4/h7-11,14-15,17,27H,6,12-13,16H2,1-5H3,(H,30,33)/t27-/m1/s1. The van der Waals surface area contributed by atoms with Crippen molar-refractivity contribution < 1.29 is 23.8 Å². The number of carbonyl (C=O) groups excluding carboxylic acids is 2. The van der Waals surface area contributed by atoms with Gasteiger partial charge in [-0.15, -0.1) is 0 Å². The summed E-state index contributed by atoms with van der Waals surface area (Å²) >= 11 is 1.47. The fraction of sp³-hybridized carbons (Fsp3) is 0.345. The number of aryl methyl sites for hydroxylation is 1. The first-order valence-corrected chi connectivity index (χ1v) is 13.4. The molecule has 0 fully saturated rings. The number of hydrogen-bond donors (Lipinski definition) is 1. The summed E-state index contributed by atoms with van der Waals surface area (Å²) in [6.07, 6.45) is 1.41. The van der Waals surface area contributed by atoms with Gasteiger partial charge in [0.25, 0.3) is 0 Å². The van der Waals surface area contributed by atoms with Gasteiger partial charge in [-0.3, -0.25) is 4.79 Å². The van der Waals surface area contributed by atoms with E-state index in [-0.39, 0.29) is 12.3 Å². The molecule has 2 aliphatic heterocycles. The van der Waals surface area contributed by atoms with Crippen LogP contribution in [0.1, 0.15) is 42.5 Å². The van der Waals surface area contributed by atoms with Crippen LogP contribution in [0.15, 0.2) is 69.8 Å². The van der Waals surface area contributed by atoms with Gasteiger partial charge >= 0.3 is 5.97 Å². The Labute approximate surface area is 227 Å². The van der Waals surface area contributed by atoms with Crippen molar-refractivity contribution in [2.24, 2.45) is 4.99 Å². The van der Waals surface area contributed by atoms with E-state index in [2.05, 4.69) is 11.4 Å². The van der Waals surface area contributed by atoms with Crippen molar-refractivity contribution in [1.82, 2.24) is 10.2 Å². The number of ether oxygens (including phenoxy) is 3. The second-order valence-corrected chi connectivity index (χ2v) is 9.82. The molecule has 9 heteroatoms. The molecule has 2 heterocycles. The molecular formula is C29H33N3O5S. The van der Waals surface area contributed by atoms with Gasteiger partial charge in [0.05, 0.1) is 45.1 Å². The zero-order valence-electron chi connectivity index (χ0n) is 22.4. The van der Waals surface area contributed by atoms with Crippen LogP contribution >= 0.6 is 11.8 Å². The summed E-state index contributed by atoms with van der Waals surface area (Å²) in [6.45, 7) is 4.47. The lowest BCUT2D eigenvalue weighted by Gasteiger charge is -2.36. The number of amidine groups is 1. The Kier molecular flexibility index (Phi) is 8.78. The van der Waals surface area contributed by atoms with Crippen LogP contribution in [0.5, 0.6) is 11.5 Å². The number of nitrogens with one attached hydrogen (secondary N) is 1. The Morgan fingerprint density at radius 3 is 2.55 bits per heavy atom. The minimum atomic E-state index is -0.425. The molecule has 0 aliphatic carbocycles. The van der Waals surface area contributed by atoms with Crippen molar-refractivity contribution in [3.05, 3.63) is 81.5 Å². The van der Waals surface area contributed by atoms with E-state index in [0.717, 1.165) is 27.6 Å². The highest BCUT2D eigenvalue weighted by atomic mass is 32.2. The van der Waals surface area contributed by atoms with Gasteiger partial charge in [-0.2, -0.15) is 0 Å². The van der Waals surface area contributed by atoms with E-state index in [1.165, 1.54) is 18.9 Å². The van der Waals surface area contributed by atoms with Crippen molar-refractivity contribution in [3.63, 3.8) is 0 Å². The van der Waals surface area contributed by atoms with Crippen molar-refractivity contribution in [2.75, 3.05) is 27.9 Å². The van der Waals surface area contributed by atoms with Crippen LogP contribution in [0.3, 0.4) is 0 Å². The SMILES string of the molecule is CCC1=C(C(=O)OC)[C@@H](c2cccc(C)c2)N2C(CC(=O)NCCc3ccc(OC)c(OC)c3)=CSC2=N1. The molecule has 4 rings (SSSR count). The van der Waals surface area contributed by atoms with Crippen molar-refractivity contribution in [1.29, 1.82) is 0 Å². The third-order valence-corrected chi connectivity index (χ3v) is 7.40. The minimum absolute atomic E-state index is 0.105. The second-order valence-electron chi connectivity index (χ2n) is 8.98. The van der Waals surface area contributed by atoms with Gasteiger partial charge in [0.15, 0.2) is 16.7 Å². The molecule has 1 N–H and O–H groups in total. The van der Waals surface area contributed by atoms with Gasteiger partial charge in [-0.1, -0.05) is 54.6 Å². The van der Waals surface area contributed by atoms with Crippen molar-refractivity contribution in [3.8, 4) is 11.5 Å². The van der Waals surface area contributed by atoms with Crippen LogP contribution in [0, 0.1) is 6.92 Å². The number of hydrogen-bond acceptors (Lipinski definition) is 8. The zero-order chi connectivity index (χ0) is 27.2. The third kappa shape index (κ3) is 5.72. The Balaban J connectivity index is 1.51. The molecule has 8 nitrogen and oxygen atoms in total. The molecule has 0 aromatic heterocycles. The first-order chi connectivity index (χ1) is 18.4. The van der Waals surface area contributed by atoms with Gasteiger partial charge in [0, 0.05) is 12.2 Å². The molecule has 0 bridgehead atoms. The lowest BCUT2D eigenvalue weighted by molar-refractivity contribution is -0.136. The molecule has 0 saturated heterocycles. The van der Waals surface area contributed by atoms with E-state index >= 15 is 0 Å². The topological polar surface area (TPSA) is 89.5 Å². The highest BCUT2D eigenvalue weighted by Gasteiger charge is 2.41. The maximum absolute atomic E-state index is 13.0. The first-order valence-electron chi connectivity index (χ1n) is 12.5. The Hall–Kier alpha value is -3.72. The number of nitrogens with zero attached hydrogens (tertiary/aromatic N) is 2. The number of methoxy groups -OCH3 is 3. The van der Waals surface area contributed by atoms with Gasteiger partial charge in [-0.25, -0.2) is 9.79 Å². The van der Waals surface area contributed by atoms with E-state index in [1.54, 1.807) is 14.2 Å². The summed E-state index contributed by atoms with van der Waals surface area (Å²) in [5.41, 5.74) is 5.07. The fourth-order valence-electron chi connectivity index (χ4n) is 4.68. The normalized spacial score (nSPS) is 16.4. The smallest absolute Gasteiger partial charge is 0.338 e. The van der Waals surface area contributed by atoms with Gasteiger partial charge in [0.2, 0.25) is 5.91 Å². The first kappa shape index (κ1) is 27.3. The fourth-order valence-corrected chi connectivity index (χ4v) is 5.61. The van der Waals surface area contributed by atoms with E-state index < -0.39 is 12.0 Å². The summed E-state index contributed by atoms with van der Waals surface area (Å²) in [5.74, 6) is 0.808. The van der Waals surface area contributed by atoms with Crippen LogP contribution in [0.2, 0.25) is 0 Å². The number of amides is 1. The third-order valence-electron chi connectivity index (χ3n) is 6.51. The van der Waals surface area contributed by atoms with Crippen molar-refractivity contribution in [2.45, 2.75) is 39.2 Å². The second kappa shape index (κ2) is 12.2. The van der Waals surface area contributed by atoms with E-state index in [4.69, 9.17) is 19.2 Å². The van der Waals surface area contributed by atoms with Crippen LogP contribution in [0.4, 0.5) is 0 Å². The summed E-state index contributed by atoms with van der Waals surface area (Å²) < 4.78 is 15.8. The number of carbonyl (C=O) groups is 2. The lowest BCUT2D eigenvalue weighted by Crippen LogP contribution is -2.38. The van der Waals surface area contributed by atoms with Gasteiger partial charge in [-0.05, 0) is 48.4 Å². The number of thioether (sulfide) groups is 1. The summed E-state index contributed by atoms with van der Waals surface area (Å²) in [6, 6.07) is 13.4. The molecule has 1 amide bonds. The molecule has 2 aromatic carbocycles.